The maximum absolute atomic E-state index is 8.25. The van der Waals surface area contributed by atoms with Crippen LogP contribution in [0.1, 0.15) is 0 Å². The van der Waals surface area contributed by atoms with Gasteiger partial charge in [-0.1, -0.05) is 5.40 Å². The van der Waals surface area contributed by atoms with Crippen LogP contribution in [0.5, 0.6) is 0 Å². The number of nitriles is 1. The molecule has 0 aromatic rings. The monoisotopic (exact) mass is 202 g/mol. The van der Waals surface area contributed by atoms with Gasteiger partial charge in [0.1, 0.15) is 0 Å². The molecule has 0 amide bonds. The molecule has 0 fully saturated rings. The Morgan fingerprint density at radius 3 is 1.56 bits per heavy atom. The SMILES string of the molecule is N#C[S-].O=[N+]([O-])[O-].[NH4+].[Zn]. The van der Waals surface area contributed by atoms with Crippen LogP contribution < -0.4 is 6.15 Å². The van der Waals surface area contributed by atoms with Crippen LogP contribution in [0, 0.1) is 26.0 Å². The molecule has 9 heavy (non-hydrogen) atoms. The Morgan fingerprint density at radius 1 is 1.56 bits per heavy atom. The van der Waals surface area contributed by atoms with Crippen LogP contribution in [-0.4, -0.2) is 5.09 Å². The number of thiocyanates is 1. The molecular weight excluding hydrogens is 199 g/mol. The predicted molar refractivity (Wildman–Crippen MR) is 29.3 cm³/mol. The molecule has 4 N–H and O–H groups in total. The van der Waals surface area contributed by atoms with Gasteiger partial charge in [-0.2, -0.15) is 0 Å². The maximum Gasteiger partial charge on any atom is 0.0689 e. The summed E-state index contributed by atoms with van der Waals surface area (Å²) in [5, 5.41) is 23.2. The fourth-order valence-corrected chi connectivity index (χ4v) is 0. The second kappa shape index (κ2) is 25.9. The predicted octanol–water partition coefficient (Wildman–Crippen LogP) is 0.149. The number of hydrogen-bond acceptors (Lipinski definition) is 5. The van der Waals surface area contributed by atoms with E-state index in [0.717, 1.165) is 0 Å². The van der Waals surface area contributed by atoms with Gasteiger partial charge in [-0.3, -0.25) is 0 Å². The molecule has 0 saturated heterocycles. The van der Waals surface area contributed by atoms with Crippen molar-refractivity contribution >= 4 is 12.6 Å². The molecule has 0 aromatic carbocycles. The van der Waals surface area contributed by atoms with Crippen LogP contribution >= 0.6 is 0 Å². The van der Waals surface area contributed by atoms with E-state index in [-0.39, 0.29) is 25.6 Å². The molecule has 0 bridgehead atoms. The minimum atomic E-state index is -1.75. The first-order valence-corrected chi connectivity index (χ1v) is 1.38. The summed E-state index contributed by atoms with van der Waals surface area (Å²) in [6, 6.07) is 0. The van der Waals surface area contributed by atoms with Gasteiger partial charge in [0.25, 0.3) is 0 Å². The quantitative estimate of drug-likeness (QED) is 0.197. The molecule has 0 radical (unpaired) electrons. The van der Waals surface area contributed by atoms with Crippen LogP contribution in [0.3, 0.4) is 0 Å². The molecule has 6 nitrogen and oxygen atoms in total. The van der Waals surface area contributed by atoms with Gasteiger partial charge in [-0.25, -0.2) is 5.26 Å². The van der Waals surface area contributed by atoms with E-state index in [1.807, 2.05) is 0 Å². The summed E-state index contributed by atoms with van der Waals surface area (Å²) in [7, 11) is 0. The zero-order valence-electron chi connectivity index (χ0n) is 4.73. The molecule has 0 heterocycles. The first kappa shape index (κ1) is 23.6. The second-order valence-corrected chi connectivity index (χ2v) is 0.497. The Morgan fingerprint density at radius 2 is 1.56 bits per heavy atom. The van der Waals surface area contributed by atoms with Crippen molar-refractivity contribution in [3.63, 3.8) is 0 Å². The fraction of sp³-hybridized carbons (Fsp3) is 0. The van der Waals surface area contributed by atoms with Gasteiger partial charge in [0.05, 0.1) is 5.09 Å². The van der Waals surface area contributed by atoms with Crippen molar-refractivity contribution in [3.05, 3.63) is 15.3 Å². The molecule has 0 aliphatic carbocycles. The van der Waals surface area contributed by atoms with Crippen molar-refractivity contribution in [3.8, 4) is 5.40 Å². The van der Waals surface area contributed by atoms with E-state index >= 15 is 0 Å². The van der Waals surface area contributed by atoms with Gasteiger partial charge >= 0.3 is 0 Å². The third kappa shape index (κ3) is 881. The van der Waals surface area contributed by atoms with E-state index in [0.29, 0.717) is 0 Å². The van der Waals surface area contributed by atoms with E-state index in [1.165, 1.54) is 5.40 Å². The summed E-state index contributed by atoms with van der Waals surface area (Å²) in [6.45, 7) is 0. The Kier molecular flexibility index (Phi) is 67.9. The first-order valence-electron chi connectivity index (χ1n) is 0.975. The Balaban J connectivity index is -0.0000000233. The molecule has 0 spiro atoms. The number of quaternary nitrogens is 1. The third-order valence-corrected chi connectivity index (χ3v) is 0. The number of hydrogen-bond donors (Lipinski definition) is 1. The van der Waals surface area contributed by atoms with Crippen molar-refractivity contribution in [1.82, 2.24) is 6.15 Å². The standard InChI is InChI=1S/CHNS.NO3.H3N.Zn/c2-1-3;2-1(3)4;;/h3H;;1H3;/q;-1;;. The van der Waals surface area contributed by atoms with Gasteiger partial charge in [0, 0.05) is 19.5 Å². The zero-order valence-corrected chi connectivity index (χ0v) is 8.52. The minimum absolute atomic E-state index is 0. The largest absolute Gasteiger partial charge is 0.696 e. The van der Waals surface area contributed by atoms with Crippen LogP contribution in [0.4, 0.5) is 0 Å². The van der Waals surface area contributed by atoms with Crippen molar-refractivity contribution in [2.24, 2.45) is 0 Å². The average Bonchev–Trinajstić information content (AvgIpc) is 1.33. The molecule has 0 aliphatic heterocycles. The van der Waals surface area contributed by atoms with E-state index < -0.39 is 5.09 Å². The molecule has 50 valence electrons. The summed E-state index contributed by atoms with van der Waals surface area (Å²) in [5.74, 6) is 0. The van der Waals surface area contributed by atoms with Crippen molar-refractivity contribution in [1.29, 1.82) is 5.26 Å². The van der Waals surface area contributed by atoms with Gasteiger partial charge in [0.2, 0.25) is 0 Å². The van der Waals surface area contributed by atoms with E-state index in [1.54, 1.807) is 0 Å². The Hall–Kier alpha value is -0.507. The second-order valence-electron chi connectivity index (χ2n) is 0.315. The summed E-state index contributed by atoms with van der Waals surface area (Å²) in [6.07, 6.45) is 0. The average molecular weight is 204 g/mol. The molecule has 0 rings (SSSR count). The first-order chi connectivity index (χ1) is 3.15. The molecule has 0 atom stereocenters. The molecule has 0 unspecified atom stereocenters. The van der Waals surface area contributed by atoms with Crippen LogP contribution in [0.2, 0.25) is 0 Å². The number of nitrogens with zero attached hydrogens (tertiary/aromatic N) is 2. The van der Waals surface area contributed by atoms with Crippen LogP contribution in [-0.2, 0) is 32.1 Å². The summed E-state index contributed by atoms with van der Waals surface area (Å²) in [4.78, 5) is 8.25. The number of rotatable bonds is 0. The van der Waals surface area contributed by atoms with Gasteiger partial charge in [-0.05, 0) is 0 Å². The van der Waals surface area contributed by atoms with Crippen molar-refractivity contribution in [2.45, 2.75) is 0 Å². The molecule has 0 aliphatic rings. The molecule has 8 heteroatoms. The third-order valence-electron chi connectivity index (χ3n) is 0. The molecule has 0 saturated carbocycles. The smallest absolute Gasteiger partial charge is 0.0689 e. The Labute approximate surface area is 69.7 Å². The molecular formula is CH4N3O3SZn-. The van der Waals surface area contributed by atoms with Gasteiger partial charge < -0.3 is 34.1 Å². The van der Waals surface area contributed by atoms with Crippen LogP contribution in [0.25, 0.3) is 0 Å². The molecule has 0 aromatic heterocycles. The minimum Gasteiger partial charge on any atom is -0.696 e. The van der Waals surface area contributed by atoms with Gasteiger partial charge in [0.15, 0.2) is 0 Å². The fourth-order valence-electron chi connectivity index (χ4n) is 0. The van der Waals surface area contributed by atoms with Crippen molar-refractivity contribution in [2.75, 3.05) is 0 Å². The summed E-state index contributed by atoms with van der Waals surface area (Å²) in [5.41, 5.74) is 0. The summed E-state index contributed by atoms with van der Waals surface area (Å²) < 4.78 is 0. The Bertz CT molecular complexity index is 87.5. The van der Waals surface area contributed by atoms with E-state index in [9.17, 15) is 0 Å². The van der Waals surface area contributed by atoms with Crippen molar-refractivity contribution < 1.29 is 24.6 Å². The zero-order chi connectivity index (χ0) is 6.28. The van der Waals surface area contributed by atoms with Crippen LogP contribution in [0.15, 0.2) is 0 Å². The maximum atomic E-state index is 8.25. The van der Waals surface area contributed by atoms with E-state index in [2.05, 4.69) is 12.6 Å². The summed E-state index contributed by atoms with van der Waals surface area (Å²) >= 11 is 3.70. The van der Waals surface area contributed by atoms with Gasteiger partial charge in [-0.15, -0.1) is 0 Å². The van der Waals surface area contributed by atoms with E-state index in [4.69, 9.17) is 20.6 Å². The topological polar surface area (TPSA) is 126 Å². The normalized spacial score (nSPS) is 3.44.